The number of rotatable bonds is 6. The van der Waals surface area contributed by atoms with Crippen LogP contribution >= 0.6 is 0 Å². The minimum Gasteiger partial charge on any atom is -0.394 e. The number of nitrogens with one attached hydrogen (secondary N) is 2. The second kappa shape index (κ2) is 7.97. The zero-order chi connectivity index (χ0) is 16.7. The molecule has 0 aliphatic heterocycles. The summed E-state index contributed by atoms with van der Waals surface area (Å²) in [5, 5.41) is 23.9. The summed E-state index contributed by atoms with van der Waals surface area (Å²) in [6.45, 7) is 1.83. The van der Waals surface area contributed by atoms with Gasteiger partial charge in [-0.05, 0) is 48.9 Å². The van der Waals surface area contributed by atoms with E-state index in [4.69, 9.17) is 10.4 Å². The number of nitriles is 1. The van der Waals surface area contributed by atoms with Crippen LogP contribution in [0, 0.1) is 11.3 Å². The standard InChI is InChI=1S/C18H19N3O2/c1-2-15(12-22)21-18(23)14-4-3-5-17(10-14)20-16-8-6-13(11-19)7-9-16/h3-10,15,20,22H,2,12H2,1H3,(H,21,23). The van der Waals surface area contributed by atoms with E-state index in [0.717, 1.165) is 11.4 Å². The van der Waals surface area contributed by atoms with E-state index >= 15 is 0 Å². The van der Waals surface area contributed by atoms with Crippen molar-refractivity contribution in [3.05, 3.63) is 59.7 Å². The second-order valence-corrected chi connectivity index (χ2v) is 5.16. The van der Waals surface area contributed by atoms with Gasteiger partial charge < -0.3 is 15.7 Å². The van der Waals surface area contributed by atoms with Crippen LogP contribution in [-0.4, -0.2) is 23.7 Å². The Morgan fingerprint density at radius 1 is 1.22 bits per heavy atom. The first-order valence-electron chi connectivity index (χ1n) is 7.45. The van der Waals surface area contributed by atoms with E-state index in [1.54, 1.807) is 30.3 Å². The summed E-state index contributed by atoms with van der Waals surface area (Å²) in [4.78, 5) is 12.2. The summed E-state index contributed by atoms with van der Waals surface area (Å²) in [7, 11) is 0. The van der Waals surface area contributed by atoms with E-state index in [9.17, 15) is 4.79 Å². The van der Waals surface area contributed by atoms with Crippen LogP contribution < -0.4 is 10.6 Å². The average Bonchev–Trinajstić information content (AvgIpc) is 2.60. The Bertz CT molecular complexity index is 701. The van der Waals surface area contributed by atoms with Gasteiger partial charge in [0.1, 0.15) is 0 Å². The van der Waals surface area contributed by atoms with E-state index in [0.29, 0.717) is 17.5 Å². The third-order valence-corrected chi connectivity index (χ3v) is 3.48. The molecule has 0 bridgehead atoms. The van der Waals surface area contributed by atoms with Crippen molar-refractivity contribution in [2.75, 3.05) is 11.9 Å². The van der Waals surface area contributed by atoms with E-state index in [1.165, 1.54) is 0 Å². The molecule has 2 aromatic rings. The lowest BCUT2D eigenvalue weighted by Gasteiger charge is -2.14. The molecule has 0 saturated carbocycles. The third-order valence-electron chi connectivity index (χ3n) is 3.48. The van der Waals surface area contributed by atoms with E-state index < -0.39 is 0 Å². The van der Waals surface area contributed by atoms with Gasteiger partial charge in [-0.15, -0.1) is 0 Å². The Morgan fingerprint density at radius 2 is 1.96 bits per heavy atom. The maximum Gasteiger partial charge on any atom is 0.251 e. The number of aliphatic hydroxyl groups is 1. The summed E-state index contributed by atoms with van der Waals surface area (Å²) in [5.41, 5.74) is 2.73. The average molecular weight is 309 g/mol. The largest absolute Gasteiger partial charge is 0.394 e. The van der Waals surface area contributed by atoms with Crippen LogP contribution in [0.3, 0.4) is 0 Å². The zero-order valence-electron chi connectivity index (χ0n) is 12.9. The summed E-state index contributed by atoms with van der Waals surface area (Å²) in [6, 6.07) is 16.0. The Labute approximate surface area is 135 Å². The van der Waals surface area contributed by atoms with Gasteiger partial charge >= 0.3 is 0 Å². The molecule has 0 aliphatic rings. The van der Waals surface area contributed by atoms with Gasteiger partial charge in [0.15, 0.2) is 0 Å². The predicted octanol–water partition coefficient (Wildman–Crippen LogP) is 2.80. The summed E-state index contributed by atoms with van der Waals surface area (Å²) < 4.78 is 0. The van der Waals surface area contributed by atoms with Gasteiger partial charge in [-0.25, -0.2) is 0 Å². The summed E-state index contributed by atoms with van der Waals surface area (Å²) >= 11 is 0. The van der Waals surface area contributed by atoms with Gasteiger partial charge in [0.05, 0.1) is 24.3 Å². The lowest BCUT2D eigenvalue weighted by Crippen LogP contribution is -2.36. The molecule has 5 heteroatoms. The van der Waals surface area contributed by atoms with E-state index in [1.807, 2.05) is 25.1 Å². The van der Waals surface area contributed by atoms with E-state index in [-0.39, 0.29) is 18.6 Å². The molecular formula is C18H19N3O2. The number of aliphatic hydroxyl groups excluding tert-OH is 1. The molecule has 0 radical (unpaired) electrons. The topological polar surface area (TPSA) is 85.2 Å². The Balaban J connectivity index is 2.09. The number of anilines is 2. The van der Waals surface area contributed by atoms with Crippen LogP contribution in [0.2, 0.25) is 0 Å². The maximum atomic E-state index is 12.2. The highest BCUT2D eigenvalue weighted by molar-refractivity contribution is 5.95. The monoisotopic (exact) mass is 309 g/mol. The molecule has 118 valence electrons. The van der Waals surface area contributed by atoms with Crippen molar-refractivity contribution in [2.24, 2.45) is 0 Å². The summed E-state index contributed by atoms with van der Waals surface area (Å²) in [5.74, 6) is -0.214. The van der Waals surface area contributed by atoms with Crippen LogP contribution in [-0.2, 0) is 0 Å². The normalized spacial score (nSPS) is 11.3. The Kier molecular flexibility index (Phi) is 5.73. The van der Waals surface area contributed by atoms with E-state index in [2.05, 4.69) is 16.7 Å². The highest BCUT2D eigenvalue weighted by Gasteiger charge is 2.11. The SMILES string of the molecule is CCC(CO)NC(=O)c1cccc(Nc2ccc(C#N)cc2)c1. The van der Waals surface area contributed by atoms with Crippen LogP contribution in [0.5, 0.6) is 0 Å². The van der Waals surface area contributed by atoms with Gasteiger partial charge in [-0.3, -0.25) is 4.79 Å². The molecule has 1 atom stereocenters. The number of carbonyl (C=O) groups excluding carboxylic acids is 1. The fourth-order valence-electron chi connectivity index (χ4n) is 2.08. The zero-order valence-corrected chi connectivity index (χ0v) is 12.9. The molecule has 1 unspecified atom stereocenters. The smallest absolute Gasteiger partial charge is 0.251 e. The minimum atomic E-state index is -0.238. The van der Waals surface area contributed by atoms with Gasteiger partial charge in [0.25, 0.3) is 5.91 Å². The third kappa shape index (κ3) is 4.56. The van der Waals surface area contributed by atoms with Gasteiger partial charge in [-0.1, -0.05) is 13.0 Å². The van der Waals surface area contributed by atoms with Gasteiger partial charge in [-0.2, -0.15) is 5.26 Å². The first-order valence-corrected chi connectivity index (χ1v) is 7.45. The molecule has 0 aliphatic carbocycles. The van der Waals surface area contributed by atoms with Crippen molar-refractivity contribution >= 4 is 17.3 Å². The minimum absolute atomic E-state index is 0.0780. The van der Waals surface area contributed by atoms with Crippen molar-refractivity contribution in [3.63, 3.8) is 0 Å². The number of hydrogen-bond acceptors (Lipinski definition) is 4. The molecule has 23 heavy (non-hydrogen) atoms. The number of amides is 1. The quantitative estimate of drug-likeness (QED) is 0.766. The summed E-state index contributed by atoms with van der Waals surface area (Å²) in [6.07, 6.45) is 0.672. The highest BCUT2D eigenvalue weighted by Crippen LogP contribution is 2.18. The lowest BCUT2D eigenvalue weighted by atomic mass is 10.1. The van der Waals surface area contributed by atoms with Crippen molar-refractivity contribution < 1.29 is 9.90 Å². The first kappa shape index (κ1) is 16.5. The van der Waals surface area contributed by atoms with Crippen molar-refractivity contribution in [1.82, 2.24) is 5.32 Å². The molecule has 0 fully saturated rings. The van der Waals surface area contributed by atoms with Gasteiger partial charge in [0, 0.05) is 16.9 Å². The lowest BCUT2D eigenvalue weighted by molar-refractivity contribution is 0.0915. The first-order chi connectivity index (χ1) is 11.2. The molecule has 2 aromatic carbocycles. The van der Waals surface area contributed by atoms with Crippen molar-refractivity contribution in [1.29, 1.82) is 5.26 Å². The molecule has 0 spiro atoms. The Morgan fingerprint density at radius 3 is 2.57 bits per heavy atom. The Hall–Kier alpha value is -2.84. The number of hydrogen-bond donors (Lipinski definition) is 3. The van der Waals surface area contributed by atoms with Gasteiger partial charge in [0.2, 0.25) is 0 Å². The van der Waals surface area contributed by atoms with Crippen molar-refractivity contribution in [3.8, 4) is 6.07 Å². The molecule has 0 saturated heterocycles. The van der Waals surface area contributed by atoms with Crippen LogP contribution in [0.4, 0.5) is 11.4 Å². The molecule has 1 amide bonds. The second-order valence-electron chi connectivity index (χ2n) is 5.16. The molecule has 5 nitrogen and oxygen atoms in total. The molecule has 0 heterocycles. The number of benzene rings is 2. The van der Waals surface area contributed by atoms with Crippen LogP contribution in [0.15, 0.2) is 48.5 Å². The molecule has 0 aromatic heterocycles. The number of carbonyl (C=O) groups is 1. The maximum absolute atomic E-state index is 12.2. The molecule has 2 rings (SSSR count). The molecule has 3 N–H and O–H groups in total. The predicted molar refractivity (Wildman–Crippen MR) is 89.5 cm³/mol. The fraction of sp³-hybridized carbons (Fsp3) is 0.222. The van der Waals surface area contributed by atoms with Crippen LogP contribution in [0.25, 0.3) is 0 Å². The highest BCUT2D eigenvalue weighted by atomic mass is 16.3. The number of nitrogens with zero attached hydrogens (tertiary/aromatic N) is 1. The van der Waals surface area contributed by atoms with Crippen molar-refractivity contribution in [2.45, 2.75) is 19.4 Å². The molecular weight excluding hydrogens is 290 g/mol. The van der Waals surface area contributed by atoms with Crippen LogP contribution in [0.1, 0.15) is 29.3 Å². The fourth-order valence-corrected chi connectivity index (χ4v) is 2.08.